The summed E-state index contributed by atoms with van der Waals surface area (Å²) in [6.45, 7) is 0.818. The molecule has 3 heterocycles. The molecule has 7 heteroatoms. The fraction of sp³-hybridized carbons (Fsp3) is 0.538. The number of nitrogens with two attached hydrogens (primary N) is 1. The molecule has 2 unspecified atom stereocenters. The monoisotopic (exact) mass is 274 g/mol. The van der Waals surface area contributed by atoms with Gasteiger partial charge in [-0.2, -0.15) is 0 Å². The number of hydrazine groups is 1. The van der Waals surface area contributed by atoms with Crippen LogP contribution in [0.25, 0.3) is 5.65 Å². The third-order valence-electron chi connectivity index (χ3n) is 4.07. The molecular weight excluding hydrogens is 256 g/mol. The Labute approximate surface area is 116 Å². The van der Waals surface area contributed by atoms with Gasteiger partial charge in [0.15, 0.2) is 17.3 Å². The van der Waals surface area contributed by atoms with Gasteiger partial charge in [-0.3, -0.25) is 0 Å². The number of ether oxygens (including phenoxy) is 1. The van der Waals surface area contributed by atoms with Gasteiger partial charge in [-0.1, -0.05) is 0 Å². The number of hydrogen-bond donors (Lipinski definition) is 3. The van der Waals surface area contributed by atoms with E-state index in [-0.39, 0.29) is 0 Å². The molecule has 0 radical (unpaired) electrons. The van der Waals surface area contributed by atoms with Crippen molar-refractivity contribution in [2.24, 2.45) is 11.8 Å². The van der Waals surface area contributed by atoms with Gasteiger partial charge in [0, 0.05) is 19.0 Å². The normalized spacial score (nSPS) is 26.1. The Hall–Kier alpha value is -1.86. The number of hydrogen-bond acceptors (Lipinski definition) is 6. The van der Waals surface area contributed by atoms with Gasteiger partial charge in [0.25, 0.3) is 0 Å². The van der Waals surface area contributed by atoms with Crippen molar-refractivity contribution in [2.75, 3.05) is 17.3 Å². The first-order chi connectivity index (χ1) is 9.85. The average Bonchev–Trinajstić information content (AvgIpc) is 3.01. The highest BCUT2D eigenvalue weighted by Crippen LogP contribution is 2.39. The quantitative estimate of drug-likeness (QED) is 0.569. The molecule has 1 aliphatic heterocycles. The van der Waals surface area contributed by atoms with Crippen molar-refractivity contribution < 1.29 is 4.74 Å². The molecule has 2 atom stereocenters. The lowest BCUT2D eigenvalue weighted by atomic mass is 10.1. The molecule has 4 rings (SSSR count). The standard InChI is InChI=1S/C13H18N6O/c14-18-10-7-19-5-4-15-13(19)12(17-10)16-9-3-6-20-11(9)8-1-2-8/h4-5,7-9,11,18H,1-3,6,14H2,(H,16,17). The summed E-state index contributed by atoms with van der Waals surface area (Å²) < 4.78 is 7.76. The van der Waals surface area contributed by atoms with E-state index >= 15 is 0 Å². The molecule has 106 valence electrons. The maximum atomic E-state index is 5.85. The second kappa shape index (κ2) is 4.60. The molecule has 7 nitrogen and oxygen atoms in total. The first-order valence-electron chi connectivity index (χ1n) is 7.03. The topological polar surface area (TPSA) is 89.5 Å². The molecule has 1 saturated heterocycles. The summed E-state index contributed by atoms with van der Waals surface area (Å²) in [5, 5.41) is 3.50. The zero-order chi connectivity index (χ0) is 13.5. The van der Waals surface area contributed by atoms with Gasteiger partial charge in [-0.15, -0.1) is 0 Å². The number of aromatic nitrogens is 3. The van der Waals surface area contributed by atoms with Crippen LogP contribution in [0.4, 0.5) is 11.6 Å². The maximum absolute atomic E-state index is 5.85. The number of nitrogens with zero attached hydrogens (tertiary/aromatic N) is 3. The molecule has 1 saturated carbocycles. The molecule has 4 N–H and O–H groups in total. The predicted octanol–water partition coefficient (Wildman–Crippen LogP) is 0.994. The van der Waals surface area contributed by atoms with Crippen molar-refractivity contribution in [2.45, 2.75) is 31.4 Å². The van der Waals surface area contributed by atoms with Crippen molar-refractivity contribution in [1.82, 2.24) is 14.4 Å². The van der Waals surface area contributed by atoms with E-state index in [1.54, 1.807) is 6.20 Å². The average molecular weight is 274 g/mol. The summed E-state index contributed by atoms with van der Waals surface area (Å²) in [4.78, 5) is 8.83. The Morgan fingerprint density at radius 1 is 1.35 bits per heavy atom. The van der Waals surface area contributed by atoms with Gasteiger partial charge in [0.2, 0.25) is 0 Å². The van der Waals surface area contributed by atoms with Crippen molar-refractivity contribution in [3.63, 3.8) is 0 Å². The second-order valence-electron chi connectivity index (χ2n) is 5.49. The van der Waals surface area contributed by atoms with Crippen molar-refractivity contribution in [1.29, 1.82) is 0 Å². The molecule has 2 aromatic heterocycles. The first-order valence-corrected chi connectivity index (χ1v) is 7.03. The summed E-state index contributed by atoms with van der Waals surface area (Å²) in [7, 11) is 0. The van der Waals surface area contributed by atoms with Gasteiger partial charge < -0.3 is 19.9 Å². The summed E-state index contributed by atoms with van der Waals surface area (Å²) in [6, 6.07) is 0.309. The minimum absolute atomic E-state index is 0.307. The SMILES string of the molecule is NNc1cn2ccnc2c(NC2CCOC2C2CC2)n1. The third kappa shape index (κ3) is 1.99. The minimum Gasteiger partial charge on any atom is -0.376 e. The van der Waals surface area contributed by atoms with E-state index in [2.05, 4.69) is 20.7 Å². The van der Waals surface area contributed by atoms with E-state index < -0.39 is 0 Å². The van der Waals surface area contributed by atoms with Crippen LogP contribution in [0.1, 0.15) is 19.3 Å². The lowest BCUT2D eigenvalue weighted by Crippen LogP contribution is -2.31. The van der Waals surface area contributed by atoms with Gasteiger partial charge >= 0.3 is 0 Å². The zero-order valence-electron chi connectivity index (χ0n) is 11.1. The summed E-state index contributed by atoms with van der Waals surface area (Å²) >= 11 is 0. The Balaban J connectivity index is 1.65. The zero-order valence-corrected chi connectivity index (χ0v) is 11.1. The van der Waals surface area contributed by atoms with E-state index in [1.807, 2.05) is 16.8 Å². The van der Waals surface area contributed by atoms with Gasteiger partial charge in [0.05, 0.1) is 18.3 Å². The minimum atomic E-state index is 0.307. The van der Waals surface area contributed by atoms with E-state index in [1.165, 1.54) is 12.8 Å². The van der Waals surface area contributed by atoms with Crippen LogP contribution in [0, 0.1) is 5.92 Å². The van der Waals surface area contributed by atoms with E-state index in [9.17, 15) is 0 Å². The smallest absolute Gasteiger partial charge is 0.180 e. The number of nitrogens with one attached hydrogen (secondary N) is 2. The Morgan fingerprint density at radius 3 is 3.05 bits per heavy atom. The molecular formula is C13H18N6O. The molecule has 0 aromatic carbocycles. The third-order valence-corrected chi connectivity index (χ3v) is 4.07. The number of nitrogen functional groups attached to an aromatic ring is 1. The summed E-state index contributed by atoms with van der Waals surface area (Å²) in [5.41, 5.74) is 3.40. The lowest BCUT2D eigenvalue weighted by molar-refractivity contribution is 0.0898. The van der Waals surface area contributed by atoms with Crippen LogP contribution >= 0.6 is 0 Å². The molecule has 20 heavy (non-hydrogen) atoms. The molecule has 2 aromatic rings. The van der Waals surface area contributed by atoms with Gasteiger partial charge in [-0.25, -0.2) is 15.8 Å². The van der Waals surface area contributed by atoms with Gasteiger partial charge in [0.1, 0.15) is 0 Å². The molecule has 1 aliphatic carbocycles. The van der Waals surface area contributed by atoms with Crippen LogP contribution in [-0.4, -0.2) is 33.1 Å². The van der Waals surface area contributed by atoms with E-state index in [0.29, 0.717) is 23.9 Å². The maximum Gasteiger partial charge on any atom is 0.180 e. The van der Waals surface area contributed by atoms with Crippen molar-refractivity contribution >= 4 is 17.3 Å². The highest BCUT2D eigenvalue weighted by Gasteiger charge is 2.40. The van der Waals surface area contributed by atoms with Crippen LogP contribution in [0.5, 0.6) is 0 Å². The lowest BCUT2D eigenvalue weighted by Gasteiger charge is -2.20. The largest absolute Gasteiger partial charge is 0.376 e. The van der Waals surface area contributed by atoms with E-state index in [4.69, 9.17) is 10.6 Å². The summed E-state index contributed by atoms with van der Waals surface area (Å²) in [5.74, 6) is 7.55. The van der Waals surface area contributed by atoms with Crippen LogP contribution in [0.3, 0.4) is 0 Å². The predicted molar refractivity (Wildman–Crippen MR) is 75.3 cm³/mol. The van der Waals surface area contributed by atoms with Crippen LogP contribution in [-0.2, 0) is 4.74 Å². The number of rotatable bonds is 4. The second-order valence-corrected chi connectivity index (χ2v) is 5.49. The fourth-order valence-electron chi connectivity index (χ4n) is 2.93. The Bertz CT molecular complexity index is 622. The molecule has 0 spiro atoms. The van der Waals surface area contributed by atoms with Crippen LogP contribution < -0.4 is 16.6 Å². The number of imidazole rings is 1. The number of fused-ring (bicyclic) bond motifs is 1. The van der Waals surface area contributed by atoms with Crippen LogP contribution in [0.2, 0.25) is 0 Å². The first kappa shape index (κ1) is 11.9. The van der Waals surface area contributed by atoms with E-state index in [0.717, 1.165) is 24.5 Å². The fourth-order valence-corrected chi connectivity index (χ4v) is 2.93. The Kier molecular flexibility index (Phi) is 2.75. The molecule has 0 bridgehead atoms. The van der Waals surface area contributed by atoms with Crippen molar-refractivity contribution in [3.8, 4) is 0 Å². The van der Waals surface area contributed by atoms with Crippen molar-refractivity contribution in [3.05, 3.63) is 18.6 Å². The Morgan fingerprint density at radius 2 is 2.25 bits per heavy atom. The molecule has 0 amide bonds. The molecule has 2 fully saturated rings. The highest BCUT2D eigenvalue weighted by atomic mass is 16.5. The highest BCUT2D eigenvalue weighted by molar-refractivity contribution is 5.65. The number of anilines is 2. The van der Waals surface area contributed by atoms with Crippen LogP contribution in [0.15, 0.2) is 18.6 Å². The summed E-state index contributed by atoms with van der Waals surface area (Å²) in [6.07, 6.45) is 9.33. The van der Waals surface area contributed by atoms with Gasteiger partial charge in [-0.05, 0) is 25.2 Å². The molecule has 2 aliphatic rings.